The first-order valence-corrected chi connectivity index (χ1v) is 12.0. The number of hydrogen-bond acceptors (Lipinski definition) is 5. The van der Waals surface area contributed by atoms with E-state index in [0.29, 0.717) is 18.0 Å². The van der Waals surface area contributed by atoms with Crippen LogP contribution in [0.3, 0.4) is 0 Å². The molecule has 0 heterocycles. The fourth-order valence-corrected chi connectivity index (χ4v) is 4.68. The van der Waals surface area contributed by atoms with E-state index in [2.05, 4.69) is 26.5 Å². The molecule has 0 aliphatic carbocycles. The molecule has 1 amide bonds. The van der Waals surface area contributed by atoms with Crippen molar-refractivity contribution in [3.05, 3.63) is 88.9 Å². The highest BCUT2D eigenvalue weighted by Gasteiger charge is 2.27. The summed E-state index contributed by atoms with van der Waals surface area (Å²) in [5.74, 6) is -0.00745. The van der Waals surface area contributed by atoms with Crippen molar-refractivity contribution in [3.8, 4) is 5.75 Å². The molecular formula is C23H22BrN3O4S. The Balaban J connectivity index is 1.80. The fourth-order valence-electron chi connectivity index (χ4n) is 2.84. The Bertz CT molecular complexity index is 1180. The Kier molecular flexibility index (Phi) is 8.02. The maximum atomic E-state index is 13.3. The van der Waals surface area contributed by atoms with Gasteiger partial charge in [-0.1, -0.05) is 46.3 Å². The molecule has 0 atom stereocenters. The van der Waals surface area contributed by atoms with E-state index in [1.165, 1.54) is 18.3 Å². The lowest BCUT2D eigenvalue weighted by Gasteiger charge is -2.23. The van der Waals surface area contributed by atoms with Crippen LogP contribution in [0.25, 0.3) is 0 Å². The SMILES string of the molecule is CCOc1ccc(S(=O)(=O)N(CC(=O)N/N=C\c2cccc(Br)c2)c2ccccc2)cc1. The number of para-hydroxylation sites is 1. The van der Waals surface area contributed by atoms with Crippen LogP contribution in [0.4, 0.5) is 5.69 Å². The van der Waals surface area contributed by atoms with E-state index >= 15 is 0 Å². The fraction of sp³-hybridized carbons (Fsp3) is 0.130. The van der Waals surface area contributed by atoms with Gasteiger partial charge in [0.2, 0.25) is 0 Å². The van der Waals surface area contributed by atoms with Crippen LogP contribution in [0, 0.1) is 0 Å². The third kappa shape index (κ3) is 6.18. The van der Waals surface area contributed by atoms with Gasteiger partial charge in [-0.15, -0.1) is 0 Å². The Morgan fingerprint density at radius 1 is 1.06 bits per heavy atom. The zero-order chi connectivity index (χ0) is 23.0. The van der Waals surface area contributed by atoms with Crippen LogP contribution in [-0.4, -0.2) is 33.7 Å². The van der Waals surface area contributed by atoms with Gasteiger partial charge in [0.05, 0.1) is 23.4 Å². The molecule has 0 saturated heterocycles. The molecule has 0 radical (unpaired) electrons. The minimum Gasteiger partial charge on any atom is -0.494 e. The third-order valence-corrected chi connectivity index (χ3v) is 6.59. The number of rotatable bonds is 9. The van der Waals surface area contributed by atoms with Crippen LogP contribution in [0.5, 0.6) is 5.75 Å². The lowest BCUT2D eigenvalue weighted by Crippen LogP contribution is -2.39. The summed E-state index contributed by atoms with van der Waals surface area (Å²) in [5.41, 5.74) is 3.54. The second-order valence-corrected chi connectivity index (χ2v) is 9.38. The minimum absolute atomic E-state index is 0.0512. The number of carbonyl (C=O) groups is 1. The Labute approximate surface area is 195 Å². The van der Waals surface area contributed by atoms with Crippen molar-refractivity contribution in [2.24, 2.45) is 5.10 Å². The summed E-state index contributed by atoms with van der Waals surface area (Å²) in [7, 11) is -4.00. The number of amides is 1. The number of hydrazone groups is 1. The highest BCUT2D eigenvalue weighted by atomic mass is 79.9. The van der Waals surface area contributed by atoms with Gasteiger partial charge >= 0.3 is 0 Å². The van der Waals surface area contributed by atoms with Gasteiger partial charge in [-0.25, -0.2) is 13.8 Å². The topological polar surface area (TPSA) is 88.1 Å². The van der Waals surface area contributed by atoms with Crippen LogP contribution in [0.1, 0.15) is 12.5 Å². The van der Waals surface area contributed by atoms with Crippen molar-refractivity contribution < 1.29 is 17.9 Å². The molecule has 0 saturated carbocycles. The van der Waals surface area contributed by atoms with Crippen molar-refractivity contribution in [2.45, 2.75) is 11.8 Å². The molecule has 3 rings (SSSR count). The Morgan fingerprint density at radius 2 is 1.78 bits per heavy atom. The van der Waals surface area contributed by atoms with E-state index in [1.54, 1.807) is 42.5 Å². The predicted molar refractivity (Wildman–Crippen MR) is 128 cm³/mol. The summed E-state index contributed by atoms with van der Waals surface area (Å²) < 4.78 is 34.0. The first-order valence-electron chi connectivity index (χ1n) is 9.78. The maximum absolute atomic E-state index is 13.3. The van der Waals surface area contributed by atoms with Crippen LogP contribution in [-0.2, 0) is 14.8 Å². The van der Waals surface area contributed by atoms with Gasteiger partial charge in [0.25, 0.3) is 15.9 Å². The van der Waals surface area contributed by atoms with E-state index in [0.717, 1.165) is 14.3 Å². The highest BCUT2D eigenvalue weighted by molar-refractivity contribution is 9.10. The van der Waals surface area contributed by atoms with Gasteiger partial charge in [0.15, 0.2) is 0 Å². The first-order chi connectivity index (χ1) is 15.4. The number of nitrogens with one attached hydrogen (secondary N) is 1. The summed E-state index contributed by atoms with van der Waals surface area (Å²) in [6, 6.07) is 21.9. The summed E-state index contributed by atoms with van der Waals surface area (Å²) in [4.78, 5) is 12.6. The number of carbonyl (C=O) groups excluding carboxylic acids is 1. The maximum Gasteiger partial charge on any atom is 0.264 e. The van der Waals surface area contributed by atoms with Crippen LogP contribution in [0.15, 0.2) is 93.3 Å². The van der Waals surface area contributed by atoms with Gasteiger partial charge in [0.1, 0.15) is 12.3 Å². The number of sulfonamides is 1. The molecule has 1 N–H and O–H groups in total. The van der Waals surface area contributed by atoms with Gasteiger partial charge in [0, 0.05) is 4.47 Å². The second-order valence-electron chi connectivity index (χ2n) is 6.60. The summed E-state index contributed by atoms with van der Waals surface area (Å²) in [5, 5.41) is 3.93. The number of anilines is 1. The molecule has 0 aromatic heterocycles. The van der Waals surface area contributed by atoms with E-state index in [4.69, 9.17) is 4.74 Å². The standard InChI is InChI=1S/C23H22BrN3O4S/c1-2-31-21-11-13-22(14-12-21)32(29,30)27(20-9-4-3-5-10-20)17-23(28)26-25-16-18-7-6-8-19(24)15-18/h3-16H,2,17H2,1H3,(H,26,28)/b25-16-. The largest absolute Gasteiger partial charge is 0.494 e. The van der Waals surface area contributed by atoms with Crippen molar-refractivity contribution in [2.75, 3.05) is 17.5 Å². The second kappa shape index (κ2) is 10.9. The number of nitrogens with zero attached hydrogens (tertiary/aromatic N) is 2. The zero-order valence-corrected chi connectivity index (χ0v) is 19.7. The van der Waals surface area contributed by atoms with Crippen molar-refractivity contribution in [3.63, 3.8) is 0 Å². The Morgan fingerprint density at radius 3 is 2.44 bits per heavy atom. The smallest absolute Gasteiger partial charge is 0.264 e. The third-order valence-electron chi connectivity index (χ3n) is 4.31. The molecular weight excluding hydrogens is 494 g/mol. The number of benzene rings is 3. The molecule has 0 fully saturated rings. The summed E-state index contributed by atoms with van der Waals surface area (Å²) in [6.45, 7) is 1.89. The Hall–Kier alpha value is -3.17. The van der Waals surface area contributed by atoms with E-state index < -0.39 is 22.5 Å². The molecule has 9 heteroatoms. The van der Waals surface area contributed by atoms with Crippen LogP contribution >= 0.6 is 15.9 Å². The monoisotopic (exact) mass is 515 g/mol. The van der Waals surface area contributed by atoms with E-state index in [9.17, 15) is 13.2 Å². The quantitative estimate of drug-likeness (QED) is 0.341. The van der Waals surface area contributed by atoms with E-state index in [1.807, 2.05) is 31.2 Å². The average molecular weight is 516 g/mol. The van der Waals surface area contributed by atoms with Gasteiger partial charge in [-0.3, -0.25) is 9.10 Å². The molecule has 0 bridgehead atoms. The number of halogens is 1. The molecule has 0 aliphatic heterocycles. The van der Waals surface area contributed by atoms with Gasteiger partial charge in [-0.05, 0) is 61.0 Å². The van der Waals surface area contributed by atoms with Crippen molar-refractivity contribution in [1.29, 1.82) is 0 Å². The first kappa shape index (κ1) is 23.5. The minimum atomic E-state index is -4.00. The van der Waals surface area contributed by atoms with Crippen molar-refractivity contribution in [1.82, 2.24) is 5.43 Å². The summed E-state index contributed by atoms with van der Waals surface area (Å²) in [6.07, 6.45) is 1.48. The number of hydrogen-bond donors (Lipinski definition) is 1. The molecule has 0 aliphatic rings. The lowest BCUT2D eigenvalue weighted by atomic mass is 10.2. The zero-order valence-electron chi connectivity index (χ0n) is 17.3. The number of ether oxygens (including phenoxy) is 1. The predicted octanol–water partition coefficient (Wildman–Crippen LogP) is 4.19. The molecule has 0 spiro atoms. The molecule has 3 aromatic carbocycles. The summed E-state index contributed by atoms with van der Waals surface area (Å²) >= 11 is 3.37. The molecule has 0 unspecified atom stereocenters. The van der Waals surface area contributed by atoms with Gasteiger partial charge in [-0.2, -0.15) is 5.10 Å². The van der Waals surface area contributed by atoms with Crippen molar-refractivity contribution >= 4 is 43.8 Å². The molecule has 3 aromatic rings. The lowest BCUT2D eigenvalue weighted by molar-refractivity contribution is -0.119. The van der Waals surface area contributed by atoms with Crippen LogP contribution in [0.2, 0.25) is 0 Å². The molecule has 166 valence electrons. The molecule has 7 nitrogen and oxygen atoms in total. The van der Waals surface area contributed by atoms with Gasteiger partial charge < -0.3 is 4.74 Å². The highest BCUT2D eigenvalue weighted by Crippen LogP contribution is 2.25. The van der Waals surface area contributed by atoms with E-state index in [-0.39, 0.29) is 4.90 Å². The normalized spacial score (nSPS) is 11.3. The van der Waals surface area contributed by atoms with Crippen LogP contribution < -0.4 is 14.5 Å². The molecule has 32 heavy (non-hydrogen) atoms. The average Bonchev–Trinajstić information content (AvgIpc) is 2.79.